The highest BCUT2D eigenvalue weighted by molar-refractivity contribution is 5.89. The average molecular weight is 313 g/mol. The van der Waals surface area contributed by atoms with Gasteiger partial charge in [-0.3, -0.25) is 0 Å². The highest BCUT2D eigenvalue weighted by atomic mass is 16.5. The molecular formula is C17H19N3O3. The Kier molecular flexibility index (Phi) is 5.57. The average Bonchev–Trinajstić information content (AvgIpc) is 2.56. The minimum atomic E-state index is -0.319. The highest BCUT2D eigenvalue weighted by Gasteiger charge is 2.07. The van der Waals surface area contributed by atoms with E-state index in [1.807, 2.05) is 25.1 Å². The predicted molar refractivity (Wildman–Crippen MR) is 89.3 cm³/mol. The number of carbonyl (C=O) groups excluding carboxylic acids is 1. The van der Waals surface area contributed by atoms with Crippen molar-refractivity contribution < 1.29 is 14.3 Å². The Labute approximate surface area is 135 Å². The number of carbonyl (C=O) groups is 1. The van der Waals surface area contributed by atoms with Crippen LogP contribution in [-0.4, -0.2) is 24.7 Å². The Hall–Kier alpha value is -3.02. The fraction of sp³-hybridized carbons (Fsp3) is 0.176. The largest absolute Gasteiger partial charge is 0.493 e. The first-order chi connectivity index (χ1) is 11.1. The Morgan fingerprint density at radius 2 is 2.13 bits per heavy atom. The number of amides is 2. The standard InChI is InChI=1S/C17H19N3O3/c1-4-9-18-17(21)20-13-6-8-16(19-11-13)23-14-7-5-12(2)10-15(14)22-3/h4-8,10-11H,1,9H2,2-3H3,(H2,18,20,21). The molecule has 0 fully saturated rings. The third-order valence-corrected chi connectivity index (χ3v) is 2.93. The van der Waals surface area contributed by atoms with Crippen LogP contribution in [0.2, 0.25) is 0 Å². The lowest BCUT2D eigenvalue weighted by Crippen LogP contribution is -2.28. The molecular weight excluding hydrogens is 294 g/mol. The number of hydrogen-bond acceptors (Lipinski definition) is 4. The second kappa shape index (κ2) is 7.84. The number of ether oxygens (including phenoxy) is 2. The van der Waals surface area contributed by atoms with Crippen LogP contribution in [-0.2, 0) is 0 Å². The zero-order valence-corrected chi connectivity index (χ0v) is 13.1. The Morgan fingerprint density at radius 3 is 2.78 bits per heavy atom. The number of hydrogen-bond donors (Lipinski definition) is 2. The summed E-state index contributed by atoms with van der Waals surface area (Å²) in [6.07, 6.45) is 3.12. The van der Waals surface area contributed by atoms with Crippen molar-refractivity contribution in [2.75, 3.05) is 19.0 Å². The minimum Gasteiger partial charge on any atom is -0.493 e. The number of urea groups is 1. The van der Waals surface area contributed by atoms with Crippen LogP contribution in [0.15, 0.2) is 49.2 Å². The summed E-state index contributed by atoms with van der Waals surface area (Å²) in [6, 6.07) is 8.69. The monoisotopic (exact) mass is 313 g/mol. The van der Waals surface area contributed by atoms with E-state index in [1.165, 1.54) is 6.20 Å². The SMILES string of the molecule is C=CCNC(=O)Nc1ccc(Oc2ccc(C)cc2OC)nc1. The zero-order chi connectivity index (χ0) is 16.7. The molecule has 0 spiro atoms. The lowest BCUT2D eigenvalue weighted by atomic mass is 10.2. The number of methoxy groups -OCH3 is 1. The lowest BCUT2D eigenvalue weighted by molar-refractivity contribution is 0.253. The lowest BCUT2D eigenvalue weighted by Gasteiger charge is -2.11. The van der Waals surface area contributed by atoms with Gasteiger partial charge < -0.3 is 20.1 Å². The number of nitrogens with zero attached hydrogens (tertiary/aromatic N) is 1. The molecule has 0 unspecified atom stereocenters. The molecule has 0 saturated heterocycles. The Bertz CT molecular complexity index is 684. The summed E-state index contributed by atoms with van der Waals surface area (Å²) in [5.74, 6) is 1.62. The van der Waals surface area contributed by atoms with Gasteiger partial charge >= 0.3 is 6.03 Å². The van der Waals surface area contributed by atoms with Crippen molar-refractivity contribution in [3.63, 3.8) is 0 Å². The number of benzene rings is 1. The smallest absolute Gasteiger partial charge is 0.319 e. The third kappa shape index (κ3) is 4.74. The molecule has 0 aliphatic heterocycles. The maximum atomic E-state index is 11.5. The molecule has 1 heterocycles. The number of rotatable bonds is 6. The van der Waals surface area contributed by atoms with Gasteiger partial charge in [-0.2, -0.15) is 0 Å². The van der Waals surface area contributed by atoms with Gasteiger partial charge in [0, 0.05) is 12.6 Å². The molecule has 0 bridgehead atoms. The second-order valence-corrected chi connectivity index (χ2v) is 4.77. The van der Waals surface area contributed by atoms with Crippen molar-refractivity contribution >= 4 is 11.7 Å². The number of anilines is 1. The van der Waals surface area contributed by atoms with Crippen molar-refractivity contribution in [3.8, 4) is 17.4 Å². The van der Waals surface area contributed by atoms with Gasteiger partial charge in [0.15, 0.2) is 11.5 Å². The molecule has 0 aliphatic carbocycles. The fourth-order valence-corrected chi connectivity index (χ4v) is 1.83. The van der Waals surface area contributed by atoms with E-state index in [9.17, 15) is 4.79 Å². The summed E-state index contributed by atoms with van der Waals surface area (Å²) in [4.78, 5) is 15.7. The van der Waals surface area contributed by atoms with Crippen LogP contribution in [0.25, 0.3) is 0 Å². The quantitative estimate of drug-likeness (QED) is 0.801. The van der Waals surface area contributed by atoms with E-state index in [4.69, 9.17) is 9.47 Å². The van der Waals surface area contributed by atoms with Crippen molar-refractivity contribution in [1.82, 2.24) is 10.3 Å². The van der Waals surface area contributed by atoms with Crippen LogP contribution >= 0.6 is 0 Å². The van der Waals surface area contributed by atoms with Gasteiger partial charge in [0.25, 0.3) is 0 Å². The summed E-state index contributed by atoms with van der Waals surface area (Å²) in [5.41, 5.74) is 1.64. The summed E-state index contributed by atoms with van der Waals surface area (Å²) in [5, 5.41) is 5.27. The van der Waals surface area contributed by atoms with E-state index in [-0.39, 0.29) is 6.03 Å². The molecule has 120 valence electrons. The normalized spacial score (nSPS) is 9.83. The van der Waals surface area contributed by atoms with Gasteiger partial charge in [-0.25, -0.2) is 9.78 Å². The van der Waals surface area contributed by atoms with Crippen molar-refractivity contribution in [1.29, 1.82) is 0 Å². The molecule has 2 N–H and O–H groups in total. The van der Waals surface area contributed by atoms with Crippen LogP contribution in [0, 0.1) is 6.92 Å². The predicted octanol–water partition coefficient (Wildman–Crippen LogP) is 3.50. The Balaban J connectivity index is 2.03. The molecule has 1 aromatic heterocycles. The summed E-state index contributed by atoms with van der Waals surface area (Å²) in [6.45, 7) is 5.90. The maximum Gasteiger partial charge on any atom is 0.319 e. The van der Waals surface area contributed by atoms with E-state index in [0.29, 0.717) is 29.6 Å². The van der Waals surface area contributed by atoms with Crippen LogP contribution in [0.5, 0.6) is 17.4 Å². The molecule has 23 heavy (non-hydrogen) atoms. The minimum absolute atomic E-state index is 0.319. The topological polar surface area (TPSA) is 72.5 Å². The molecule has 2 rings (SSSR count). The zero-order valence-electron chi connectivity index (χ0n) is 13.1. The third-order valence-electron chi connectivity index (χ3n) is 2.93. The fourth-order valence-electron chi connectivity index (χ4n) is 1.83. The van der Waals surface area contributed by atoms with Crippen LogP contribution in [0.3, 0.4) is 0 Å². The summed E-state index contributed by atoms with van der Waals surface area (Å²) < 4.78 is 11.0. The van der Waals surface area contributed by atoms with Crippen molar-refractivity contribution in [2.45, 2.75) is 6.92 Å². The maximum absolute atomic E-state index is 11.5. The van der Waals surface area contributed by atoms with E-state index in [2.05, 4.69) is 22.2 Å². The first-order valence-corrected chi connectivity index (χ1v) is 7.06. The van der Waals surface area contributed by atoms with E-state index >= 15 is 0 Å². The Morgan fingerprint density at radius 1 is 1.30 bits per heavy atom. The molecule has 6 heteroatoms. The molecule has 0 saturated carbocycles. The van der Waals surface area contributed by atoms with Crippen molar-refractivity contribution in [2.24, 2.45) is 0 Å². The molecule has 1 aromatic carbocycles. The number of pyridine rings is 1. The number of nitrogens with one attached hydrogen (secondary N) is 2. The highest BCUT2D eigenvalue weighted by Crippen LogP contribution is 2.31. The molecule has 0 atom stereocenters. The van der Waals surface area contributed by atoms with Gasteiger partial charge in [-0.05, 0) is 30.7 Å². The first kappa shape index (κ1) is 16.4. The molecule has 0 radical (unpaired) electrons. The summed E-state index contributed by atoms with van der Waals surface area (Å²) in [7, 11) is 1.59. The molecule has 0 aliphatic rings. The van der Waals surface area contributed by atoms with Crippen LogP contribution in [0.4, 0.5) is 10.5 Å². The van der Waals surface area contributed by atoms with Gasteiger partial charge in [0.1, 0.15) is 0 Å². The van der Waals surface area contributed by atoms with Gasteiger partial charge in [0.05, 0.1) is 19.0 Å². The van der Waals surface area contributed by atoms with E-state index < -0.39 is 0 Å². The number of aromatic nitrogens is 1. The van der Waals surface area contributed by atoms with Gasteiger partial charge in [-0.1, -0.05) is 12.1 Å². The van der Waals surface area contributed by atoms with Crippen LogP contribution < -0.4 is 20.1 Å². The number of aryl methyl sites for hydroxylation is 1. The first-order valence-electron chi connectivity index (χ1n) is 7.06. The van der Waals surface area contributed by atoms with Crippen molar-refractivity contribution in [3.05, 3.63) is 54.7 Å². The van der Waals surface area contributed by atoms with Gasteiger partial charge in [-0.15, -0.1) is 6.58 Å². The van der Waals surface area contributed by atoms with Gasteiger partial charge in [0.2, 0.25) is 5.88 Å². The van der Waals surface area contributed by atoms with E-state index in [1.54, 1.807) is 25.3 Å². The molecule has 2 amide bonds. The molecule has 6 nitrogen and oxygen atoms in total. The summed E-state index contributed by atoms with van der Waals surface area (Å²) >= 11 is 0. The van der Waals surface area contributed by atoms with Crippen LogP contribution in [0.1, 0.15) is 5.56 Å². The molecule has 2 aromatic rings. The van der Waals surface area contributed by atoms with E-state index in [0.717, 1.165) is 5.56 Å². The second-order valence-electron chi connectivity index (χ2n) is 4.77.